The molecule has 6 nitrogen and oxygen atoms in total. The van der Waals surface area contributed by atoms with Gasteiger partial charge in [0.25, 0.3) is 5.91 Å². The van der Waals surface area contributed by atoms with Crippen molar-refractivity contribution in [3.8, 4) is 0 Å². The highest BCUT2D eigenvalue weighted by Gasteiger charge is 2.26. The number of aromatic carboxylic acids is 1. The average molecular weight is 256 g/mol. The van der Waals surface area contributed by atoms with Crippen LogP contribution in [0.25, 0.3) is 0 Å². The van der Waals surface area contributed by atoms with E-state index in [-0.39, 0.29) is 28.8 Å². The Balaban J connectivity index is 2.01. The fourth-order valence-electron chi connectivity index (χ4n) is 1.64. The Hall–Kier alpha value is -1.47. The van der Waals surface area contributed by atoms with Crippen LogP contribution in [0.3, 0.4) is 0 Å². The number of nitrogens with one attached hydrogen (secondary N) is 1. The highest BCUT2D eigenvalue weighted by molar-refractivity contribution is 7.11. The molecule has 2 atom stereocenters. The molecule has 1 amide bonds. The number of ether oxygens (including phenoxy) is 1. The number of nitrogens with zero attached hydrogens (tertiary/aromatic N) is 1. The molecule has 2 heterocycles. The molecule has 0 aliphatic carbocycles. The number of amides is 1. The summed E-state index contributed by atoms with van der Waals surface area (Å²) in [6.45, 7) is 2.52. The Labute approximate surface area is 102 Å². The van der Waals surface area contributed by atoms with E-state index in [1.807, 2.05) is 6.92 Å². The molecule has 0 radical (unpaired) electrons. The Morgan fingerprint density at radius 1 is 1.65 bits per heavy atom. The van der Waals surface area contributed by atoms with Crippen LogP contribution in [-0.2, 0) is 4.74 Å². The third-order valence-corrected chi connectivity index (χ3v) is 3.44. The second-order valence-electron chi connectivity index (χ2n) is 3.79. The normalized spacial score (nSPS) is 23.6. The second kappa shape index (κ2) is 4.80. The fraction of sp³-hybridized carbons (Fsp3) is 0.500. The van der Waals surface area contributed by atoms with Gasteiger partial charge in [-0.25, -0.2) is 9.78 Å². The smallest absolute Gasteiger partial charge is 0.365 e. The van der Waals surface area contributed by atoms with Crippen LogP contribution in [0, 0.1) is 0 Å². The molecule has 0 spiro atoms. The van der Waals surface area contributed by atoms with E-state index in [1.54, 1.807) is 0 Å². The standard InChI is InChI=1S/C10H12N2O4S/c1-5-6(2-3-16-5)11-8(13)7-4-17-9(12-7)10(14)15/h4-6H,2-3H2,1H3,(H,11,13)(H,14,15). The minimum Gasteiger partial charge on any atom is -0.476 e. The third kappa shape index (κ3) is 2.62. The van der Waals surface area contributed by atoms with E-state index in [2.05, 4.69) is 10.3 Å². The summed E-state index contributed by atoms with van der Waals surface area (Å²) >= 11 is 0.942. The number of carbonyl (C=O) groups is 2. The summed E-state index contributed by atoms with van der Waals surface area (Å²) in [7, 11) is 0. The molecule has 0 saturated carbocycles. The zero-order valence-electron chi connectivity index (χ0n) is 9.17. The average Bonchev–Trinajstić information content (AvgIpc) is 2.88. The van der Waals surface area contributed by atoms with Crippen LogP contribution < -0.4 is 5.32 Å². The van der Waals surface area contributed by atoms with Crippen molar-refractivity contribution >= 4 is 23.2 Å². The summed E-state index contributed by atoms with van der Waals surface area (Å²) in [5.74, 6) is -1.47. The van der Waals surface area contributed by atoms with Gasteiger partial charge in [-0.05, 0) is 13.3 Å². The van der Waals surface area contributed by atoms with E-state index in [1.165, 1.54) is 5.38 Å². The molecule has 2 rings (SSSR count). The lowest BCUT2D eigenvalue weighted by atomic mass is 10.1. The molecule has 1 aliphatic heterocycles. The van der Waals surface area contributed by atoms with Gasteiger partial charge in [0, 0.05) is 12.0 Å². The van der Waals surface area contributed by atoms with Crippen LogP contribution in [0.5, 0.6) is 0 Å². The van der Waals surface area contributed by atoms with E-state index in [0.29, 0.717) is 6.61 Å². The van der Waals surface area contributed by atoms with Gasteiger partial charge in [0.1, 0.15) is 5.69 Å². The van der Waals surface area contributed by atoms with Crippen molar-refractivity contribution in [2.24, 2.45) is 0 Å². The monoisotopic (exact) mass is 256 g/mol. The van der Waals surface area contributed by atoms with Crippen molar-refractivity contribution in [1.29, 1.82) is 0 Å². The van der Waals surface area contributed by atoms with E-state index in [9.17, 15) is 9.59 Å². The summed E-state index contributed by atoms with van der Waals surface area (Å²) in [5.41, 5.74) is 0.145. The maximum Gasteiger partial charge on any atom is 0.365 e. The first-order chi connectivity index (χ1) is 8.08. The maximum atomic E-state index is 11.8. The Bertz CT molecular complexity index is 445. The van der Waals surface area contributed by atoms with Crippen LogP contribution in [0.2, 0.25) is 0 Å². The van der Waals surface area contributed by atoms with Gasteiger partial charge in [0.2, 0.25) is 5.01 Å². The van der Waals surface area contributed by atoms with Crippen molar-refractivity contribution in [3.05, 3.63) is 16.1 Å². The van der Waals surface area contributed by atoms with Crippen molar-refractivity contribution in [2.75, 3.05) is 6.61 Å². The number of thiazole rings is 1. The number of carboxylic acid groups (broad SMARTS) is 1. The quantitative estimate of drug-likeness (QED) is 0.833. The fourth-order valence-corrected chi connectivity index (χ4v) is 2.27. The van der Waals surface area contributed by atoms with Gasteiger partial charge in [-0.2, -0.15) is 0 Å². The highest BCUT2D eigenvalue weighted by atomic mass is 32.1. The van der Waals surface area contributed by atoms with Gasteiger partial charge in [0.05, 0.1) is 12.1 Å². The molecule has 1 aromatic heterocycles. The maximum absolute atomic E-state index is 11.8. The summed E-state index contributed by atoms with van der Waals surface area (Å²) in [4.78, 5) is 26.1. The summed E-state index contributed by atoms with van der Waals surface area (Å²) in [6.07, 6.45) is 0.750. The molecule has 1 aliphatic rings. The van der Waals surface area contributed by atoms with Crippen LogP contribution in [0.4, 0.5) is 0 Å². The summed E-state index contributed by atoms with van der Waals surface area (Å²) in [6, 6.07) is -0.0301. The van der Waals surface area contributed by atoms with E-state index in [0.717, 1.165) is 17.8 Å². The Morgan fingerprint density at radius 3 is 2.94 bits per heavy atom. The zero-order chi connectivity index (χ0) is 12.4. The molecule has 0 bridgehead atoms. The third-order valence-electron chi connectivity index (χ3n) is 2.61. The molecule has 1 saturated heterocycles. The first-order valence-electron chi connectivity index (χ1n) is 5.19. The van der Waals surface area contributed by atoms with E-state index < -0.39 is 5.97 Å². The predicted molar refractivity (Wildman–Crippen MR) is 60.4 cm³/mol. The van der Waals surface area contributed by atoms with Gasteiger partial charge in [-0.1, -0.05) is 0 Å². The largest absolute Gasteiger partial charge is 0.476 e. The van der Waals surface area contributed by atoms with Gasteiger partial charge in [-0.15, -0.1) is 11.3 Å². The number of carboxylic acids is 1. The molecular weight excluding hydrogens is 244 g/mol. The molecule has 1 aromatic rings. The number of hydrogen-bond donors (Lipinski definition) is 2. The topological polar surface area (TPSA) is 88.5 Å². The molecule has 92 valence electrons. The van der Waals surface area contributed by atoms with Crippen molar-refractivity contribution in [2.45, 2.75) is 25.5 Å². The number of carbonyl (C=O) groups excluding carboxylic acids is 1. The van der Waals surface area contributed by atoms with E-state index >= 15 is 0 Å². The minimum atomic E-state index is -1.12. The first kappa shape index (κ1) is 12.0. The lowest BCUT2D eigenvalue weighted by Gasteiger charge is -2.14. The van der Waals surface area contributed by atoms with Crippen LogP contribution in [0.1, 0.15) is 33.6 Å². The molecule has 1 fully saturated rings. The Morgan fingerprint density at radius 2 is 2.41 bits per heavy atom. The van der Waals surface area contributed by atoms with Crippen LogP contribution >= 0.6 is 11.3 Å². The SMILES string of the molecule is CC1OCCC1NC(=O)c1csc(C(=O)O)n1. The van der Waals surface area contributed by atoms with Crippen LogP contribution in [0.15, 0.2) is 5.38 Å². The first-order valence-corrected chi connectivity index (χ1v) is 6.07. The zero-order valence-corrected chi connectivity index (χ0v) is 9.99. The minimum absolute atomic E-state index is 0.0171. The number of aromatic nitrogens is 1. The van der Waals surface area contributed by atoms with Crippen molar-refractivity contribution < 1.29 is 19.4 Å². The van der Waals surface area contributed by atoms with Gasteiger partial charge < -0.3 is 15.2 Å². The number of rotatable bonds is 3. The lowest BCUT2D eigenvalue weighted by Crippen LogP contribution is -2.39. The summed E-state index contributed by atoms with van der Waals surface area (Å²) < 4.78 is 5.32. The molecule has 7 heteroatoms. The molecule has 17 heavy (non-hydrogen) atoms. The van der Waals surface area contributed by atoms with Gasteiger partial charge in [-0.3, -0.25) is 4.79 Å². The van der Waals surface area contributed by atoms with Gasteiger partial charge >= 0.3 is 5.97 Å². The van der Waals surface area contributed by atoms with Gasteiger partial charge in [0.15, 0.2) is 0 Å². The highest BCUT2D eigenvalue weighted by Crippen LogP contribution is 2.14. The van der Waals surface area contributed by atoms with Crippen molar-refractivity contribution in [3.63, 3.8) is 0 Å². The molecule has 2 unspecified atom stereocenters. The van der Waals surface area contributed by atoms with Crippen molar-refractivity contribution in [1.82, 2.24) is 10.3 Å². The lowest BCUT2D eigenvalue weighted by molar-refractivity contribution is 0.0696. The molecule has 2 N–H and O–H groups in total. The Kier molecular flexibility index (Phi) is 3.39. The summed E-state index contributed by atoms with van der Waals surface area (Å²) in [5, 5.41) is 12.9. The molecular formula is C10H12N2O4S. The number of hydrogen-bond acceptors (Lipinski definition) is 5. The molecule has 0 aromatic carbocycles. The predicted octanol–water partition coefficient (Wildman–Crippen LogP) is 0.749. The van der Waals surface area contributed by atoms with Crippen LogP contribution in [-0.4, -0.2) is 40.7 Å². The second-order valence-corrected chi connectivity index (χ2v) is 4.65. The van der Waals surface area contributed by atoms with E-state index in [4.69, 9.17) is 9.84 Å².